The summed E-state index contributed by atoms with van der Waals surface area (Å²) in [6.07, 6.45) is 1.69. The lowest BCUT2D eigenvalue weighted by Gasteiger charge is -2.07. The van der Waals surface area contributed by atoms with Gasteiger partial charge in [-0.25, -0.2) is 4.98 Å². The Labute approximate surface area is 106 Å². The lowest BCUT2D eigenvalue weighted by atomic mass is 10.3. The first kappa shape index (κ1) is 12.4. The van der Waals surface area contributed by atoms with Gasteiger partial charge in [-0.1, -0.05) is 0 Å². The highest BCUT2D eigenvalue weighted by Crippen LogP contribution is 2.22. The molecule has 1 aromatic carbocycles. The van der Waals surface area contributed by atoms with Crippen LogP contribution in [-0.2, 0) is 6.54 Å². The molecule has 0 bridgehead atoms. The third-order valence-electron chi connectivity index (χ3n) is 2.39. The quantitative estimate of drug-likeness (QED) is 0.878. The predicted octanol–water partition coefficient (Wildman–Crippen LogP) is 2.73. The van der Waals surface area contributed by atoms with E-state index in [9.17, 15) is 0 Å². The molecule has 2 N–H and O–H groups in total. The number of aromatic nitrogens is 1. The Balaban J connectivity index is 2.08. The van der Waals surface area contributed by atoms with Gasteiger partial charge in [0.1, 0.15) is 11.5 Å². The molecule has 0 aliphatic carbocycles. The molecule has 18 heavy (non-hydrogen) atoms. The Hall–Kier alpha value is -2.07. The molecule has 0 radical (unpaired) electrons. The predicted molar refractivity (Wildman–Crippen MR) is 69.8 cm³/mol. The van der Waals surface area contributed by atoms with Crippen molar-refractivity contribution in [1.82, 2.24) is 4.98 Å². The summed E-state index contributed by atoms with van der Waals surface area (Å²) in [4.78, 5) is 4.13. The van der Waals surface area contributed by atoms with Crippen molar-refractivity contribution in [3.05, 3.63) is 48.2 Å². The van der Waals surface area contributed by atoms with Crippen molar-refractivity contribution in [3.8, 4) is 17.4 Å². The molecule has 0 amide bonds. The summed E-state index contributed by atoms with van der Waals surface area (Å²) < 4.78 is 11.0. The van der Waals surface area contributed by atoms with Crippen molar-refractivity contribution in [2.75, 3.05) is 6.61 Å². The molecule has 0 aliphatic rings. The number of benzene rings is 1. The molecule has 0 aliphatic heterocycles. The van der Waals surface area contributed by atoms with Crippen molar-refractivity contribution >= 4 is 0 Å². The van der Waals surface area contributed by atoms with Gasteiger partial charge in [0.2, 0.25) is 5.88 Å². The van der Waals surface area contributed by atoms with E-state index in [0.717, 1.165) is 17.1 Å². The minimum Gasteiger partial charge on any atom is -0.494 e. The van der Waals surface area contributed by atoms with Crippen molar-refractivity contribution in [2.45, 2.75) is 13.5 Å². The highest BCUT2D eigenvalue weighted by Gasteiger charge is 2.00. The van der Waals surface area contributed by atoms with Crippen molar-refractivity contribution in [3.63, 3.8) is 0 Å². The average Bonchev–Trinajstić information content (AvgIpc) is 2.42. The third-order valence-corrected chi connectivity index (χ3v) is 2.39. The van der Waals surface area contributed by atoms with E-state index in [1.807, 2.05) is 43.3 Å². The average molecular weight is 244 g/mol. The first-order valence-corrected chi connectivity index (χ1v) is 5.87. The second-order valence-corrected chi connectivity index (χ2v) is 3.71. The van der Waals surface area contributed by atoms with Crippen LogP contribution in [0.25, 0.3) is 0 Å². The molecule has 1 aromatic heterocycles. The van der Waals surface area contributed by atoms with Gasteiger partial charge in [0.25, 0.3) is 0 Å². The van der Waals surface area contributed by atoms with Gasteiger partial charge in [-0.2, -0.15) is 0 Å². The van der Waals surface area contributed by atoms with Crippen LogP contribution in [0.3, 0.4) is 0 Å². The topological polar surface area (TPSA) is 57.4 Å². The van der Waals surface area contributed by atoms with E-state index in [0.29, 0.717) is 19.0 Å². The molecule has 1 heterocycles. The molecule has 0 saturated carbocycles. The summed E-state index contributed by atoms with van der Waals surface area (Å²) in [6, 6.07) is 11.1. The molecular weight excluding hydrogens is 228 g/mol. The zero-order chi connectivity index (χ0) is 12.8. The summed E-state index contributed by atoms with van der Waals surface area (Å²) in [7, 11) is 0. The van der Waals surface area contributed by atoms with Gasteiger partial charge >= 0.3 is 0 Å². The standard InChI is InChI=1S/C14H16N2O2/c1-2-17-12-3-5-13(6-4-12)18-14-9-11(10-15)7-8-16-14/h3-9H,2,10,15H2,1H3. The Kier molecular flexibility index (Phi) is 4.15. The van der Waals surface area contributed by atoms with Crippen LogP contribution in [0.4, 0.5) is 0 Å². The van der Waals surface area contributed by atoms with Crippen LogP contribution in [-0.4, -0.2) is 11.6 Å². The highest BCUT2D eigenvalue weighted by molar-refractivity contribution is 5.34. The second kappa shape index (κ2) is 6.02. The van der Waals surface area contributed by atoms with Crippen molar-refractivity contribution < 1.29 is 9.47 Å². The molecule has 4 heteroatoms. The van der Waals surface area contributed by atoms with Gasteiger partial charge < -0.3 is 15.2 Å². The number of pyridine rings is 1. The maximum absolute atomic E-state index is 5.63. The number of nitrogens with two attached hydrogens (primary N) is 1. The molecule has 0 spiro atoms. The van der Waals surface area contributed by atoms with E-state index in [-0.39, 0.29) is 0 Å². The van der Waals surface area contributed by atoms with Crippen LogP contribution in [0.1, 0.15) is 12.5 Å². The Morgan fingerprint density at radius 3 is 2.50 bits per heavy atom. The normalized spacial score (nSPS) is 10.1. The molecule has 94 valence electrons. The zero-order valence-electron chi connectivity index (χ0n) is 10.3. The molecule has 2 aromatic rings. The number of rotatable bonds is 5. The molecule has 0 saturated heterocycles. The largest absolute Gasteiger partial charge is 0.494 e. The van der Waals surface area contributed by atoms with Crippen LogP contribution in [0.2, 0.25) is 0 Å². The summed E-state index contributed by atoms with van der Waals surface area (Å²) in [5.41, 5.74) is 6.56. The van der Waals surface area contributed by atoms with E-state index in [2.05, 4.69) is 4.98 Å². The Morgan fingerprint density at radius 1 is 1.11 bits per heavy atom. The molecular formula is C14H16N2O2. The lowest BCUT2D eigenvalue weighted by Crippen LogP contribution is -1.97. The maximum atomic E-state index is 5.63. The fourth-order valence-electron chi connectivity index (χ4n) is 1.52. The third kappa shape index (κ3) is 3.21. The Morgan fingerprint density at radius 2 is 1.83 bits per heavy atom. The maximum Gasteiger partial charge on any atom is 0.219 e. The fourth-order valence-corrected chi connectivity index (χ4v) is 1.52. The van der Waals surface area contributed by atoms with Crippen LogP contribution >= 0.6 is 0 Å². The SMILES string of the molecule is CCOc1ccc(Oc2cc(CN)ccn2)cc1. The van der Waals surface area contributed by atoms with E-state index < -0.39 is 0 Å². The highest BCUT2D eigenvalue weighted by atomic mass is 16.5. The first-order valence-electron chi connectivity index (χ1n) is 5.87. The fraction of sp³-hybridized carbons (Fsp3) is 0.214. The van der Waals surface area contributed by atoms with Crippen LogP contribution in [0, 0.1) is 0 Å². The minimum atomic E-state index is 0.474. The smallest absolute Gasteiger partial charge is 0.219 e. The monoisotopic (exact) mass is 244 g/mol. The molecule has 0 atom stereocenters. The zero-order valence-corrected chi connectivity index (χ0v) is 10.3. The van der Waals surface area contributed by atoms with E-state index in [1.54, 1.807) is 6.20 Å². The molecule has 0 fully saturated rings. The van der Waals surface area contributed by atoms with Crippen molar-refractivity contribution in [1.29, 1.82) is 0 Å². The molecule has 4 nitrogen and oxygen atoms in total. The lowest BCUT2D eigenvalue weighted by molar-refractivity contribution is 0.339. The Bertz CT molecular complexity index is 497. The first-order chi connectivity index (χ1) is 8.81. The van der Waals surface area contributed by atoms with E-state index in [1.165, 1.54) is 0 Å². The van der Waals surface area contributed by atoms with Gasteiger partial charge in [-0.15, -0.1) is 0 Å². The van der Waals surface area contributed by atoms with Crippen LogP contribution < -0.4 is 15.2 Å². The number of hydrogen-bond acceptors (Lipinski definition) is 4. The van der Waals surface area contributed by atoms with Crippen LogP contribution in [0.5, 0.6) is 17.4 Å². The van der Waals surface area contributed by atoms with E-state index >= 15 is 0 Å². The van der Waals surface area contributed by atoms with Gasteiger partial charge in [-0.3, -0.25) is 0 Å². The summed E-state index contributed by atoms with van der Waals surface area (Å²) >= 11 is 0. The van der Waals surface area contributed by atoms with Gasteiger partial charge in [0.05, 0.1) is 6.61 Å². The summed E-state index contributed by atoms with van der Waals surface area (Å²) in [6.45, 7) is 3.08. The molecule has 2 rings (SSSR count). The number of ether oxygens (including phenoxy) is 2. The number of hydrogen-bond donors (Lipinski definition) is 1. The summed E-state index contributed by atoms with van der Waals surface area (Å²) in [5.74, 6) is 2.09. The van der Waals surface area contributed by atoms with Gasteiger partial charge in [0, 0.05) is 18.8 Å². The number of nitrogens with zero attached hydrogens (tertiary/aromatic N) is 1. The van der Waals surface area contributed by atoms with Gasteiger partial charge in [-0.05, 0) is 42.8 Å². The van der Waals surface area contributed by atoms with Crippen LogP contribution in [0.15, 0.2) is 42.6 Å². The minimum absolute atomic E-state index is 0.474. The summed E-state index contributed by atoms with van der Waals surface area (Å²) in [5, 5.41) is 0. The van der Waals surface area contributed by atoms with E-state index in [4.69, 9.17) is 15.2 Å². The molecule has 0 unspecified atom stereocenters. The second-order valence-electron chi connectivity index (χ2n) is 3.71. The van der Waals surface area contributed by atoms with Gasteiger partial charge in [0.15, 0.2) is 0 Å². The van der Waals surface area contributed by atoms with Crippen molar-refractivity contribution in [2.24, 2.45) is 5.73 Å².